The number of rotatable bonds is 2. The van der Waals surface area contributed by atoms with Crippen LogP contribution in [0.5, 0.6) is 0 Å². The van der Waals surface area contributed by atoms with Crippen LogP contribution in [0.25, 0.3) is 31.4 Å². The Morgan fingerprint density at radius 1 is 0.889 bits per heavy atom. The van der Waals surface area contributed by atoms with E-state index in [1.54, 1.807) is 0 Å². The van der Waals surface area contributed by atoms with Gasteiger partial charge in [-0.3, -0.25) is 0 Å². The number of fused-ring (bicyclic) bond motifs is 3. The van der Waals surface area contributed by atoms with Crippen molar-refractivity contribution >= 4 is 31.5 Å². The quantitative estimate of drug-likeness (QED) is 0.376. The molecule has 0 N–H and O–H groups in total. The topological polar surface area (TPSA) is 25.8 Å². The number of benzene rings is 2. The molecule has 0 aliphatic heterocycles. The minimum atomic E-state index is 0.285. The molecule has 0 aliphatic rings. The van der Waals surface area contributed by atoms with Gasteiger partial charge in [-0.1, -0.05) is 50.1 Å². The van der Waals surface area contributed by atoms with Crippen molar-refractivity contribution in [2.75, 3.05) is 0 Å². The fourth-order valence-electron chi connectivity index (χ4n) is 3.89. The summed E-state index contributed by atoms with van der Waals surface area (Å²) >= 11 is 1.84. The molecule has 2 heterocycles. The van der Waals surface area contributed by atoms with E-state index in [4.69, 9.17) is 0 Å². The highest BCUT2D eigenvalue weighted by atomic mass is 32.1. The van der Waals surface area contributed by atoms with E-state index in [-0.39, 0.29) is 5.41 Å². The summed E-state index contributed by atoms with van der Waals surface area (Å²) in [4.78, 5) is 0. The zero-order chi connectivity index (χ0) is 19.3. The van der Waals surface area contributed by atoms with Crippen LogP contribution < -0.4 is 0 Å². The molecule has 0 atom stereocenters. The van der Waals surface area contributed by atoms with E-state index in [9.17, 15) is 0 Å². The first-order chi connectivity index (χ1) is 12.7. The number of aryl methyl sites for hydroxylation is 3. The maximum Gasteiger partial charge on any atom is 0.102 e. The third kappa shape index (κ3) is 3.49. The van der Waals surface area contributed by atoms with Crippen molar-refractivity contribution in [2.24, 2.45) is 5.41 Å². The zero-order valence-electron chi connectivity index (χ0n) is 17.0. The van der Waals surface area contributed by atoms with Crippen molar-refractivity contribution < 1.29 is 0 Å². The molecule has 3 heteroatoms. The van der Waals surface area contributed by atoms with Gasteiger partial charge in [-0.05, 0) is 56.4 Å². The largest absolute Gasteiger partial charge is 0.154 e. The first-order valence-electron chi connectivity index (χ1n) is 9.48. The highest BCUT2D eigenvalue weighted by Crippen LogP contribution is 2.40. The summed E-state index contributed by atoms with van der Waals surface area (Å²) in [5, 5.41) is 11.6. The Kier molecular flexibility index (Phi) is 4.31. The third-order valence-corrected chi connectivity index (χ3v) is 6.11. The minimum absolute atomic E-state index is 0.285. The molecule has 0 saturated carbocycles. The van der Waals surface area contributed by atoms with Crippen molar-refractivity contribution in [3.8, 4) is 11.3 Å². The molecule has 2 nitrogen and oxygen atoms in total. The molecule has 0 bridgehead atoms. The first-order valence-corrected chi connectivity index (χ1v) is 10.3. The number of thiophene rings is 1. The van der Waals surface area contributed by atoms with Crippen molar-refractivity contribution in [1.29, 1.82) is 0 Å². The Hall–Kier alpha value is -2.26. The third-order valence-electron chi connectivity index (χ3n) is 4.85. The molecule has 0 saturated heterocycles. The molecule has 4 aromatic rings. The SMILES string of the molecule is Cc1cc(C)cc(-c2nnc(C)c3sc4cc(CC(C)(C)C)ccc4c23)c1. The molecule has 0 aliphatic carbocycles. The maximum atomic E-state index is 4.62. The Morgan fingerprint density at radius 2 is 1.59 bits per heavy atom. The molecule has 0 amide bonds. The molecule has 2 aromatic carbocycles. The lowest BCUT2D eigenvalue weighted by Gasteiger charge is -2.18. The lowest BCUT2D eigenvalue weighted by molar-refractivity contribution is 0.411. The van der Waals surface area contributed by atoms with E-state index in [0.29, 0.717) is 0 Å². The van der Waals surface area contributed by atoms with E-state index in [2.05, 4.69) is 88.1 Å². The predicted molar refractivity (Wildman–Crippen MR) is 118 cm³/mol. The minimum Gasteiger partial charge on any atom is -0.154 e. The van der Waals surface area contributed by atoms with Crippen LogP contribution in [-0.4, -0.2) is 10.2 Å². The number of nitrogens with zero attached hydrogens (tertiary/aromatic N) is 2. The molecule has 4 rings (SSSR count). The number of aromatic nitrogens is 2. The van der Waals surface area contributed by atoms with Crippen LogP contribution >= 0.6 is 11.3 Å². The standard InChI is InChI=1S/C24H26N2S/c1-14-9-15(2)11-18(10-14)22-21-19-8-7-17(13-24(4,5)6)12-20(19)27-23(21)16(3)25-26-22/h7-12H,13H2,1-6H3. The monoisotopic (exact) mass is 374 g/mol. The molecular weight excluding hydrogens is 348 g/mol. The van der Waals surface area contributed by atoms with Crippen molar-refractivity contribution in [3.63, 3.8) is 0 Å². The molecular formula is C24H26N2S. The zero-order valence-corrected chi connectivity index (χ0v) is 17.8. The van der Waals surface area contributed by atoms with Crippen LogP contribution in [0.1, 0.15) is 43.2 Å². The second-order valence-corrected chi connectivity index (χ2v) is 9.94. The Balaban J connectivity index is 1.98. The molecule has 2 aromatic heterocycles. The number of hydrogen-bond acceptors (Lipinski definition) is 3. The number of hydrogen-bond donors (Lipinski definition) is 0. The summed E-state index contributed by atoms with van der Waals surface area (Å²) in [6.45, 7) is 13.2. The Morgan fingerprint density at radius 3 is 2.26 bits per heavy atom. The van der Waals surface area contributed by atoms with Crippen LogP contribution in [-0.2, 0) is 6.42 Å². The first kappa shape index (κ1) is 18.1. The highest BCUT2D eigenvalue weighted by molar-refractivity contribution is 7.26. The summed E-state index contributed by atoms with van der Waals surface area (Å²) in [6.07, 6.45) is 1.08. The second-order valence-electron chi connectivity index (χ2n) is 8.88. The van der Waals surface area contributed by atoms with Crippen LogP contribution in [0.3, 0.4) is 0 Å². The van der Waals surface area contributed by atoms with Gasteiger partial charge in [0.2, 0.25) is 0 Å². The lowest BCUT2D eigenvalue weighted by atomic mass is 9.88. The van der Waals surface area contributed by atoms with Gasteiger partial charge >= 0.3 is 0 Å². The van der Waals surface area contributed by atoms with Crippen LogP contribution in [0.2, 0.25) is 0 Å². The van der Waals surface area contributed by atoms with Crippen LogP contribution in [0, 0.1) is 26.2 Å². The Labute approximate surface area is 165 Å². The molecule has 0 fully saturated rings. The molecule has 27 heavy (non-hydrogen) atoms. The van der Waals surface area contributed by atoms with Gasteiger partial charge in [0.1, 0.15) is 5.69 Å². The highest BCUT2D eigenvalue weighted by Gasteiger charge is 2.17. The summed E-state index contributed by atoms with van der Waals surface area (Å²) < 4.78 is 2.58. The molecule has 0 unspecified atom stereocenters. The van der Waals surface area contributed by atoms with Gasteiger partial charge in [0.25, 0.3) is 0 Å². The van der Waals surface area contributed by atoms with E-state index in [0.717, 1.165) is 23.4 Å². The molecule has 0 spiro atoms. The van der Waals surface area contributed by atoms with E-state index < -0.39 is 0 Å². The van der Waals surface area contributed by atoms with E-state index >= 15 is 0 Å². The van der Waals surface area contributed by atoms with Gasteiger partial charge in [-0.2, -0.15) is 5.10 Å². The fraction of sp³-hybridized carbons (Fsp3) is 0.333. The van der Waals surface area contributed by atoms with Gasteiger partial charge in [0.15, 0.2) is 0 Å². The van der Waals surface area contributed by atoms with Crippen LogP contribution in [0.15, 0.2) is 36.4 Å². The van der Waals surface area contributed by atoms with Gasteiger partial charge in [0.05, 0.1) is 10.4 Å². The van der Waals surface area contributed by atoms with Gasteiger partial charge < -0.3 is 0 Å². The smallest absolute Gasteiger partial charge is 0.102 e. The van der Waals surface area contributed by atoms with Crippen LogP contribution in [0.4, 0.5) is 0 Å². The summed E-state index contributed by atoms with van der Waals surface area (Å²) in [6, 6.07) is 13.5. The summed E-state index contributed by atoms with van der Waals surface area (Å²) in [7, 11) is 0. The average molecular weight is 375 g/mol. The molecule has 138 valence electrons. The van der Waals surface area contributed by atoms with Gasteiger partial charge in [0, 0.05) is 21.0 Å². The maximum absolute atomic E-state index is 4.62. The van der Waals surface area contributed by atoms with E-state index in [1.807, 2.05) is 11.3 Å². The normalized spacial score (nSPS) is 12.2. The van der Waals surface area contributed by atoms with Gasteiger partial charge in [-0.15, -0.1) is 16.4 Å². The molecule has 0 radical (unpaired) electrons. The fourth-order valence-corrected chi connectivity index (χ4v) is 5.09. The van der Waals surface area contributed by atoms with Crippen molar-refractivity contribution in [1.82, 2.24) is 10.2 Å². The lowest BCUT2D eigenvalue weighted by Crippen LogP contribution is -2.08. The second kappa shape index (κ2) is 6.42. The van der Waals surface area contributed by atoms with E-state index in [1.165, 1.54) is 36.9 Å². The predicted octanol–water partition coefficient (Wildman–Crippen LogP) is 7.03. The van der Waals surface area contributed by atoms with Gasteiger partial charge in [-0.25, -0.2) is 0 Å². The summed E-state index contributed by atoms with van der Waals surface area (Å²) in [5.41, 5.74) is 7.36. The average Bonchev–Trinajstić information content (AvgIpc) is 2.92. The van der Waals surface area contributed by atoms with Crippen molar-refractivity contribution in [2.45, 2.75) is 48.0 Å². The summed E-state index contributed by atoms with van der Waals surface area (Å²) in [5.74, 6) is 0. The Bertz CT molecular complexity index is 1140. The van der Waals surface area contributed by atoms with Crippen molar-refractivity contribution in [3.05, 3.63) is 58.8 Å².